The average molecular weight is 447 g/mol. The summed E-state index contributed by atoms with van der Waals surface area (Å²) in [6, 6.07) is 6.58. The number of amides is 2. The molecule has 31 heavy (non-hydrogen) atoms. The Hall–Kier alpha value is -2.32. The zero-order valence-corrected chi connectivity index (χ0v) is 19.3. The van der Waals surface area contributed by atoms with Crippen molar-refractivity contribution in [1.29, 1.82) is 0 Å². The van der Waals surface area contributed by atoms with Crippen LogP contribution in [0.3, 0.4) is 0 Å². The lowest BCUT2D eigenvalue weighted by molar-refractivity contribution is -0.141. The molecule has 1 aliphatic rings. The maximum absolute atomic E-state index is 14.1. The zero-order chi connectivity index (χ0) is 22.8. The van der Waals surface area contributed by atoms with Crippen LogP contribution in [0.5, 0.6) is 0 Å². The number of alkyl halides is 1. The Labute approximate surface area is 187 Å². The molecule has 3 atom stereocenters. The molecule has 1 saturated heterocycles. The van der Waals surface area contributed by atoms with Crippen LogP contribution in [0.15, 0.2) is 29.8 Å². The third kappa shape index (κ3) is 5.49. The second-order valence-electron chi connectivity index (χ2n) is 9.19. The number of carbonyl (C=O) groups excluding carboxylic acids is 2. The van der Waals surface area contributed by atoms with E-state index in [4.69, 9.17) is 5.73 Å². The van der Waals surface area contributed by atoms with Crippen molar-refractivity contribution in [3.05, 3.63) is 41.0 Å². The Morgan fingerprint density at radius 3 is 2.58 bits per heavy atom. The van der Waals surface area contributed by atoms with E-state index in [1.54, 1.807) is 11.3 Å². The molecule has 6 nitrogen and oxygen atoms in total. The molecule has 1 aromatic carbocycles. The first-order valence-corrected chi connectivity index (χ1v) is 11.4. The highest BCUT2D eigenvalue weighted by Crippen LogP contribution is 2.28. The van der Waals surface area contributed by atoms with E-state index in [-0.39, 0.29) is 24.8 Å². The number of nitrogens with one attached hydrogen (secondary N) is 1. The summed E-state index contributed by atoms with van der Waals surface area (Å²) in [7, 11) is 0. The maximum atomic E-state index is 14.1. The lowest BCUT2D eigenvalue weighted by Crippen LogP contribution is -2.55. The summed E-state index contributed by atoms with van der Waals surface area (Å²) in [5.74, 6) is -0.701. The minimum absolute atomic E-state index is 0.0112. The first kappa shape index (κ1) is 23.3. The quantitative estimate of drug-likeness (QED) is 0.714. The first-order chi connectivity index (χ1) is 14.6. The van der Waals surface area contributed by atoms with E-state index in [0.29, 0.717) is 13.0 Å². The third-order valence-corrected chi connectivity index (χ3v) is 6.69. The molecule has 0 unspecified atom stereocenters. The molecule has 0 aliphatic carbocycles. The molecule has 2 heterocycles. The number of aromatic nitrogens is 1. The summed E-state index contributed by atoms with van der Waals surface area (Å²) in [6.45, 7) is 7.89. The predicted molar refractivity (Wildman–Crippen MR) is 121 cm³/mol. The molecule has 2 amide bonds. The topological polar surface area (TPSA) is 88.3 Å². The Balaban J connectivity index is 1.56. The Morgan fingerprint density at radius 2 is 2.00 bits per heavy atom. The van der Waals surface area contributed by atoms with E-state index in [2.05, 4.69) is 22.4 Å². The Kier molecular flexibility index (Phi) is 7.11. The summed E-state index contributed by atoms with van der Waals surface area (Å²) >= 11 is 1.61. The molecule has 0 radical (unpaired) electrons. The molecule has 0 bridgehead atoms. The van der Waals surface area contributed by atoms with Crippen LogP contribution in [0.4, 0.5) is 4.39 Å². The SMILES string of the molecule is Cc1ncsc1-c1ccc(CCNC(=O)[C@@H]2C[C@H](F)CN2C(=O)[C@@H](N)C(C)(C)C)cc1. The van der Waals surface area contributed by atoms with Crippen molar-refractivity contribution < 1.29 is 14.0 Å². The minimum Gasteiger partial charge on any atom is -0.354 e. The summed E-state index contributed by atoms with van der Waals surface area (Å²) in [4.78, 5) is 32.2. The molecule has 1 fully saturated rings. The highest BCUT2D eigenvalue weighted by molar-refractivity contribution is 7.13. The summed E-state index contributed by atoms with van der Waals surface area (Å²) in [5, 5.41) is 2.86. The van der Waals surface area contributed by atoms with Gasteiger partial charge < -0.3 is 16.0 Å². The van der Waals surface area contributed by atoms with E-state index >= 15 is 0 Å². The number of hydrogen-bond acceptors (Lipinski definition) is 5. The molecule has 3 rings (SSSR count). The highest BCUT2D eigenvalue weighted by atomic mass is 32.1. The number of hydrogen-bond donors (Lipinski definition) is 2. The van der Waals surface area contributed by atoms with E-state index in [9.17, 15) is 14.0 Å². The van der Waals surface area contributed by atoms with Gasteiger partial charge in [0.25, 0.3) is 0 Å². The lowest BCUT2D eigenvalue weighted by Gasteiger charge is -2.32. The molecule has 0 spiro atoms. The first-order valence-electron chi connectivity index (χ1n) is 10.5. The molecular formula is C23H31FN4O2S. The third-order valence-electron chi connectivity index (χ3n) is 5.71. The molecule has 1 aromatic heterocycles. The van der Waals surface area contributed by atoms with Crippen LogP contribution in [0.2, 0.25) is 0 Å². The van der Waals surface area contributed by atoms with Gasteiger partial charge in [0.1, 0.15) is 12.2 Å². The smallest absolute Gasteiger partial charge is 0.242 e. The molecule has 0 saturated carbocycles. The number of nitrogens with two attached hydrogens (primary N) is 1. The average Bonchev–Trinajstić information content (AvgIpc) is 3.32. The van der Waals surface area contributed by atoms with Gasteiger partial charge in [-0.2, -0.15) is 0 Å². The van der Waals surface area contributed by atoms with Crippen LogP contribution in [-0.2, 0) is 16.0 Å². The Morgan fingerprint density at radius 1 is 1.32 bits per heavy atom. The number of carbonyl (C=O) groups is 2. The van der Waals surface area contributed by atoms with Crippen molar-refractivity contribution in [3.8, 4) is 10.4 Å². The molecule has 3 N–H and O–H groups in total. The standard InChI is InChI=1S/C23H31FN4O2S/c1-14-19(31-13-27-14)16-7-5-15(6-8-16)9-10-26-21(29)18-11-17(24)12-28(18)22(30)20(25)23(2,3)4/h5-8,13,17-18,20H,9-12,25H2,1-4H3,(H,26,29)/t17-,18-,20+/m0/s1. The number of halogens is 1. The highest BCUT2D eigenvalue weighted by Gasteiger charge is 2.43. The van der Waals surface area contributed by atoms with Crippen LogP contribution in [0.1, 0.15) is 38.4 Å². The van der Waals surface area contributed by atoms with E-state index in [1.165, 1.54) is 4.90 Å². The lowest BCUT2D eigenvalue weighted by atomic mass is 9.86. The number of rotatable bonds is 6. The van der Waals surface area contributed by atoms with Crippen molar-refractivity contribution in [3.63, 3.8) is 0 Å². The summed E-state index contributed by atoms with van der Waals surface area (Å²) < 4.78 is 14.1. The molecule has 1 aliphatic heterocycles. The van der Waals surface area contributed by atoms with Gasteiger partial charge in [-0.15, -0.1) is 11.3 Å². The fourth-order valence-electron chi connectivity index (χ4n) is 3.68. The minimum atomic E-state index is -1.21. The second-order valence-corrected chi connectivity index (χ2v) is 10.0. The van der Waals surface area contributed by atoms with Crippen LogP contribution in [0, 0.1) is 12.3 Å². The van der Waals surface area contributed by atoms with Crippen molar-refractivity contribution in [2.75, 3.05) is 13.1 Å². The van der Waals surface area contributed by atoms with Crippen molar-refractivity contribution in [2.45, 2.75) is 58.8 Å². The van der Waals surface area contributed by atoms with Crippen LogP contribution in [-0.4, -0.2) is 53.0 Å². The van der Waals surface area contributed by atoms with Gasteiger partial charge in [-0.1, -0.05) is 45.0 Å². The van der Waals surface area contributed by atoms with Crippen LogP contribution in [0.25, 0.3) is 10.4 Å². The van der Waals surface area contributed by atoms with Crippen molar-refractivity contribution >= 4 is 23.2 Å². The number of aryl methyl sites for hydroxylation is 1. The number of benzene rings is 1. The number of nitrogens with zero attached hydrogens (tertiary/aromatic N) is 2. The second kappa shape index (κ2) is 9.44. The number of likely N-dealkylation sites (tertiary alicyclic amines) is 1. The molecular weight excluding hydrogens is 415 g/mol. The van der Waals surface area contributed by atoms with Gasteiger partial charge in [-0.3, -0.25) is 9.59 Å². The fourth-order valence-corrected chi connectivity index (χ4v) is 4.49. The largest absolute Gasteiger partial charge is 0.354 e. The van der Waals surface area contributed by atoms with E-state index in [1.807, 2.05) is 45.3 Å². The van der Waals surface area contributed by atoms with Crippen LogP contribution >= 0.6 is 11.3 Å². The normalized spacial score (nSPS) is 20.0. The van der Waals surface area contributed by atoms with E-state index in [0.717, 1.165) is 21.7 Å². The predicted octanol–water partition coefficient (Wildman–Crippen LogP) is 3.09. The monoisotopic (exact) mass is 446 g/mol. The van der Waals surface area contributed by atoms with E-state index < -0.39 is 23.7 Å². The summed E-state index contributed by atoms with van der Waals surface area (Å²) in [6.07, 6.45) is -0.554. The molecule has 8 heteroatoms. The van der Waals surface area contributed by atoms with Gasteiger partial charge in [0.05, 0.1) is 28.7 Å². The van der Waals surface area contributed by atoms with Crippen LogP contribution < -0.4 is 11.1 Å². The van der Waals surface area contributed by atoms with Gasteiger partial charge in [-0.05, 0) is 29.9 Å². The number of thiazole rings is 1. The molecule has 2 aromatic rings. The fraction of sp³-hybridized carbons (Fsp3) is 0.522. The van der Waals surface area contributed by atoms with Gasteiger partial charge in [0, 0.05) is 13.0 Å². The zero-order valence-electron chi connectivity index (χ0n) is 18.5. The van der Waals surface area contributed by atoms with Gasteiger partial charge in [0.2, 0.25) is 11.8 Å². The van der Waals surface area contributed by atoms with Crippen molar-refractivity contribution in [1.82, 2.24) is 15.2 Å². The van der Waals surface area contributed by atoms with Gasteiger partial charge >= 0.3 is 0 Å². The maximum Gasteiger partial charge on any atom is 0.242 e. The summed E-state index contributed by atoms with van der Waals surface area (Å²) in [5.41, 5.74) is 10.7. The van der Waals surface area contributed by atoms with Gasteiger partial charge in [0.15, 0.2) is 0 Å². The molecule has 168 valence electrons. The Bertz CT molecular complexity index is 922. The van der Waals surface area contributed by atoms with Crippen molar-refractivity contribution in [2.24, 2.45) is 11.1 Å². The van der Waals surface area contributed by atoms with Gasteiger partial charge in [-0.25, -0.2) is 9.37 Å².